The van der Waals surface area contributed by atoms with Gasteiger partial charge in [-0.15, -0.1) is 0 Å². The lowest BCUT2D eigenvalue weighted by Crippen LogP contribution is -2.32. The molecule has 1 fully saturated rings. The van der Waals surface area contributed by atoms with Crippen LogP contribution in [0.4, 0.5) is 4.39 Å². The molecule has 18 heavy (non-hydrogen) atoms. The van der Waals surface area contributed by atoms with Crippen molar-refractivity contribution in [3.8, 4) is 0 Å². The Labute approximate surface area is 109 Å². The van der Waals surface area contributed by atoms with Crippen LogP contribution in [0.25, 0.3) is 0 Å². The minimum atomic E-state index is -0.180. The summed E-state index contributed by atoms with van der Waals surface area (Å²) >= 11 is 0. The molecule has 1 aliphatic heterocycles. The lowest BCUT2D eigenvalue weighted by Gasteiger charge is -2.24. The first kappa shape index (κ1) is 13.5. The summed E-state index contributed by atoms with van der Waals surface area (Å²) < 4.78 is 18.6. The van der Waals surface area contributed by atoms with Crippen molar-refractivity contribution in [3.63, 3.8) is 0 Å². The standard InChI is InChI=1S/C15H22FNO/c1-11(2)15(12-5-7-13(16)8-6-12)17-10-14-4-3-9-18-14/h5-8,11,14-15,17H,3-4,9-10H2,1-2H3. The Bertz CT molecular complexity index is 357. The zero-order valence-corrected chi connectivity index (χ0v) is 11.2. The molecule has 1 aromatic carbocycles. The van der Waals surface area contributed by atoms with Crippen LogP contribution in [0, 0.1) is 11.7 Å². The normalized spacial score (nSPS) is 21.4. The van der Waals surface area contributed by atoms with E-state index in [-0.39, 0.29) is 11.9 Å². The van der Waals surface area contributed by atoms with Crippen molar-refractivity contribution >= 4 is 0 Å². The highest BCUT2D eigenvalue weighted by molar-refractivity contribution is 5.20. The number of hydrogen-bond acceptors (Lipinski definition) is 2. The lowest BCUT2D eigenvalue weighted by atomic mass is 9.96. The third kappa shape index (κ3) is 3.53. The molecule has 100 valence electrons. The molecule has 0 aromatic heterocycles. The fraction of sp³-hybridized carbons (Fsp3) is 0.600. The molecule has 2 nitrogen and oxygen atoms in total. The number of ether oxygens (including phenoxy) is 1. The van der Waals surface area contributed by atoms with Gasteiger partial charge in [-0.05, 0) is 36.5 Å². The fourth-order valence-electron chi connectivity index (χ4n) is 2.47. The molecule has 1 aliphatic rings. The quantitative estimate of drug-likeness (QED) is 0.867. The van der Waals surface area contributed by atoms with Crippen molar-refractivity contribution in [2.45, 2.75) is 38.8 Å². The predicted octanol–water partition coefficient (Wildman–Crippen LogP) is 3.29. The second kappa shape index (κ2) is 6.30. The van der Waals surface area contributed by atoms with Gasteiger partial charge >= 0.3 is 0 Å². The summed E-state index contributed by atoms with van der Waals surface area (Å²) in [5.41, 5.74) is 1.14. The number of nitrogens with one attached hydrogen (secondary N) is 1. The maximum Gasteiger partial charge on any atom is 0.123 e. The van der Waals surface area contributed by atoms with E-state index in [0.717, 1.165) is 31.6 Å². The molecule has 1 saturated heterocycles. The predicted molar refractivity (Wildman–Crippen MR) is 71.0 cm³/mol. The van der Waals surface area contributed by atoms with Crippen molar-refractivity contribution in [2.75, 3.05) is 13.2 Å². The Hall–Kier alpha value is -0.930. The summed E-state index contributed by atoms with van der Waals surface area (Å²) in [5, 5.41) is 3.55. The highest BCUT2D eigenvalue weighted by atomic mass is 19.1. The number of benzene rings is 1. The molecule has 0 bridgehead atoms. The highest BCUT2D eigenvalue weighted by Crippen LogP contribution is 2.22. The molecular formula is C15H22FNO. The van der Waals surface area contributed by atoms with E-state index in [1.165, 1.54) is 12.1 Å². The molecular weight excluding hydrogens is 229 g/mol. The van der Waals surface area contributed by atoms with E-state index in [1.54, 1.807) is 0 Å². The van der Waals surface area contributed by atoms with E-state index in [1.807, 2.05) is 12.1 Å². The molecule has 0 radical (unpaired) electrons. The third-order valence-electron chi connectivity index (χ3n) is 3.49. The lowest BCUT2D eigenvalue weighted by molar-refractivity contribution is 0.105. The monoisotopic (exact) mass is 251 g/mol. The fourth-order valence-corrected chi connectivity index (χ4v) is 2.47. The van der Waals surface area contributed by atoms with E-state index in [4.69, 9.17) is 4.74 Å². The first-order chi connectivity index (χ1) is 8.66. The molecule has 3 heteroatoms. The summed E-state index contributed by atoms with van der Waals surface area (Å²) in [6.07, 6.45) is 2.64. The van der Waals surface area contributed by atoms with Crippen LogP contribution in [-0.4, -0.2) is 19.3 Å². The van der Waals surface area contributed by atoms with Crippen LogP contribution in [0.3, 0.4) is 0 Å². The molecule has 1 aromatic rings. The average molecular weight is 251 g/mol. The first-order valence-electron chi connectivity index (χ1n) is 6.77. The van der Waals surface area contributed by atoms with E-state index in [0.29, 0.717) is 12.0 Å². The van der Waals surface area contributed by atoms with E-state index < -0.39 is 0 Å². The number of rotatable bonds is 5. The number of hydrogen-bond donors (Lipinski definition) is 1. The maximum atomic E-state index is 12.9. The van der Waals surface area contributed by atoms with Gasteiger partial charge in [0, 0.05) is 19.2 Å². The first-order valence-corrected chi connectivity index (χ1v) is 6.77. The molecule has 2 atom stereocenters. The van der Waals surface area contributed by atoms with Crippen LogP contribution in [0.1, 0.15) is 38.3 Å². The molecule has 0 aliphatic carbocycles. The Morgan fingerprint density at radius 3 is 2.61 bits per heavy atom. The van der Waals surface area contributed by atoms with E-state index >= 15 is 0 Å². The molecule has 2 rings (SSSR count). The van der Waals surface area contributed by atoms with Crippen molar-refractivity contribution in [1.29, 1.82) is 0 Å². The Kier molecular flexibility index (Phi) is 4.72. The third-order valence-corrected chi connectivity index (χ3v) is 3.49. The van der Waals surface area contributed by atoms with Crippen LogP contribution >= 0.6 is 0 Å². The Balaban J connectivity index is 1.96. The molecule has 1 heterocycles. The van der Waals surface area contributed by atoms with Crippen LogP contribution < -0.4 is 5.32 Å². The zero-order chi connectivity index (χ0) is 13.0. The molecule has 1 N–H and O–H groups in total. The topological polar surface area (TPSA) is 21.3 Å². The van der Waals surface area contributed by atoms with Gasteiger partial charge in [0.1, 0.15) is 5.82 Å². The van der Waals surface area contributed by atoms with Crippen LogP contribution in [0.2, 0.25) is 0 Å². The minimum absolute atomic E-state index is 0.180. The van der Waals surface area contributed by atoms with E-state index in [2.05, 4.69) is 19.2 Å². The van der Waals surface area contributed by atoms with Crippen molar-refractivity contribution in [1.82, 2.24) is 5.32 Å². The molecule has 0 saturated carbocycles. The minimum Gasteiger partial charge on any atom is -0.377 e. The van der Waals surface area contributed by atoms with Gasteiger partial charge in [-0.3, -0.25) is 0 Å². The van der Waals surface area contributed by atoms with Gasteiger partial charge in [-0.2, -0.15) is 0 Å². The smallest absolute Gasteiger partial charge is 0.123 e. The second-order valence-electron chi connectivity index (χ2n) is 5.32. The van der Waals surface area contributed by atoms with Crippen molar-refractivity contribution < 1.29 is 9.13 Å². The van der Waals surface area contributed by atoms with Gasteiger partial charge in [0.25, 0.3) is 0 Å². The summed E-state index contributed by atoms with van der Waals surface area (Å²) in [6, 6.07) is 7.04. The summed E-state index contributed by atoms with van der Waals surface area (Å²) in [4.78, 5) is 0. The Morgan fingerprint density at radius 1 is 1.33 bits per heavy atom. The molecule has 2 unspecified atom stereocenters. The summed E-state index contributed by atoms with van der Waals surface area (Å²) in [7, 11) is 0. The summed E-state index contributed by atoms with van der Waals surface area (Å²) in [5.74, 6) is 0.289. The van der Waals surface area contributed by atoms with E-state index in [9.17, 15) is 4.39 Å². The average Bonchev–Trinajstić information content (AvgIpc) is 2.84. The van der Waals surface area contributed by atoms with Gasteiger partial charge < -0.3 is 10.1 Å². The Morgan fingerprint density at radius 2 is 2.06 bits per heavy atom. The highest BCUT2D eigenvalue weighted by Gasteiger charge is 2.20. The molecule has 0 amide bonds. The number of halogens is 1. The summed E-state index contributed by atoms with van der Waals surface area (Å²) in [6.45, 7) is 6.11. The van der Waals surface area contributed by atoms with Crippen LogP contribution in [-0.2, 0) is 4.74 Å². The van der Waals surface area contributed by atoms with Gasteiger partial charge in [-0.25, -0.2) is 4.39 Å². The van der Waals surface area contributed by atoms with Crippen LogP contribution in [0.5, 0.6) is 0 Å². The van der Waals surface area contributed by atoms with Crippen molar-refractivity contribution in [3.05, 3.63) is 35.6 Å². The molecule has 0 spiro atoms. The SMILES string of the molecule is CC(C)C(NCC1CCCO1)c1ccc(F)cc1. The van der Waals surface area contributed by atoms with Gasteiger partial charge in [0.05, 0.1) is 6.10 Å². The van der Waals surface area contributed by atoms with Gasteiger partial charge in [-0.1, -0.05) is 26.0 Å². The van der Waals surface area contributed by atoms with Gasteiger partial charge in [0.2, 0.25) is 0 Å². The van der Waals surface area contributed by atoms with Gasteiger partial charge in [0.15, 0.2) is 0 Å². The van der Waals surface area contributed by atoms with Crippen molar-refractivity contribution in [2.24, 2.45) is 5.92 Å². The largest absolute Gasteiger partial charge is 0.377 e. The maximum absolute atomic E-state index is 12.9. The second-order valence-corrected chi connectivity index (χ2v) is 5.32. The zero-order valence-electron chi connectivity index (χ0n) is 11.2. The van der Waals surface area contributed by atoms with Crippen LogP contribution in [0.15, 0.2) is 24.3 Å².